The molecular weight excluding hydrogens is 397 g/mol. The van der Waals surface area contributed by atoms with Crippen LogP contribution in [0, 0.1) is 0 Å². The molecule has 7 heteroatoms. The Hall–Kier alpha value is -2.50. The summed E-state index contributed by atoms with van der Waals surface area (Å²) in [6, 6.07) is 12.0. The van der Waals surface area contributed by atoms with Gasteiger partial charge in [-0.3, -0.25) is 9.59 Å². The predicted molar refractivity (Wildman–Crippen MR) is 110 cm³/mol. The molecule has 0 aliphatic carbocycles. The van der Waals surface area contributed by atoms with Gasteiger partial charge in [0.25, 0.3) is 0 Å². The van der Waals surface area contributed by atoms with E-state index in [2.05, 4.69) is 10.3 Å². The highest BCUT2D eigenvalue weighted by Crippen LogP contribution is 2.31. The molecule has 1 aromatic heterocycles. The van der Waals surface area contributed by atoms with Crippen molar-refractivity contribution in [2.45, 2.75) is 25.9 Å². The second kappa shape index (κ2) is 7.49. The fraction of sp³-hybridized carbons (Fsp3) is 0.238. The van der Waals surface area contributed by atoms with E-state index in [-0.39, 0.29) is 11.8 Å². The molecule has 5 nitrogen and oxygen atoms in total. The quantitative estimate of drug-likeness (QED) is 0.671. The third-order valence-corrected chi connectivity index (χ3v) is 5.53. The first-order valence-electron chi connectivity index (χ1n) is 9.02. The Morgan fingerprint density at radius 3 is 2.54 bits per heavy atom. The minimum Gasteiger partial charge on any atom is -0.357 e. The number of carbonyl (C=O) groups is 2. The molecule has 28 heavy (non-hydrogen) atoms. The number of benzene rings is 2. The molecule has 144 valence electrons. The predicted octanol–water partition coefficient (Wildman–Crippen LogP) is 4.24. The number of hydrogen-bond acceptors (Lipinski definition) is 2. The Labute approximate surface area is 172 Å². The van der Waals surface area contributed by atoms with Crippen LogP contribution in [-0.2, 0) is 22.6 Å². The third kappa shape index (κ3) is 3.60. The van der Waals surface area contributed by atoms with E-state index in [1.54, 1.807) is 29.2 Å². The maximum absolute atomic E-state index is 13.2. The van der Waals surface area contributed by atoms with Crippen molar-refractivity contribution in [1.29, 1.82) is 0 Å². The summed E-state index contributed by atoms with van der Waals surface area (Å²) in [4.78, 5) is 30.1. The largest absolute Gasteiger partial charge is 0.357 e. The summed E-state index contributed by atoms with van der Waals surface area (Å²) in [5, 5.41) is 5.15. The molecule has 0 saturated heterocycles. The van der Waals surface area contributed by atoms with E-state index in [0.29, 0.717) is 28.7 Å². The van der Waals surface area contributed by atoms with Gasteiger partial charge in [-0.1, -0.05) is 35.3 Å². The van der Waals surface area contributed by atoms with Crippen LogP contribution < -0.4 is 5.32 Å². The van der Waals surface area contributed by atoms with Crippen molar-refractivity contribution in [3.63, 3.8) is 0 Å². The molecule has 1 aliphatic rings. The van der Waals surface area contributed by atoms with Crippen molar-refractivity contribution >= 4 is 45.9 Å². The number of amides is 2. The number of carbonyl (C=O) groups excluding carboxylic acids is 2. The van der Waals surface area contributed by atoms with Crippen molar-refractivity contribution in [1.82, 2.24) is 15.2 Å². The molecule has 0 spiro atoms. The molecule has 2 heterocycles. The first-order chi connectivity index (χ1) is 13.4. The zero-order chi connectivity index (χ0) is 19.8. The minimum absolute atomic E-state index is 0.139. The number of nitrogens with one attached hydrogen (secondary N) is 2. The van der Waals surface area contributed by atoms with Gasteiger partial charge >= 0.3 is 0 Å². The first-order valence-corrected chi connectivity index (χ1v) is 9.78. The van der Waals surface area contributed by atoms with E-state index in [1.807, 2.05) is 18.2 Å². The highest BCUT2D eigenvalue weighted by Gasteiger charge is 2.30. The molecule has 2 N–H and O–H groups in total. The maximum Gasteiger partial charge on any atom is 0.250 e. The lowest BCUT2D eigenvalue weighted by molar-refractivity contribution is -0.137. The summed E-state index contributed by atoms with van der Waals surface area (Å²) >= 11 is 12.1. The molecule has 0 fully saturated rings. The van der Waals surface area contributed by atoms with Gasteiger partial charge in [0, 0.05) is 40.1 Å². The molecule has 0 bridgehead atoms. The third-order valence-electron chi connectivity index (χ3n) is 5.05. The lowest BCUT2D eigenvalue weighted by Gasteiger charge is -2.31. The average molecular weight is 416 g/mol. The molecule has 1 aliphatic heterocycles. The van der Waals surface area contributed by atoms with Gasteiger partial charge in [-0.2, -0.15) is 0 Å². The molecular formula is C21H19Cl2N3O2. The number of aromatic amines is 1. The number of fused-ring (bicyclic) bond motifs is 3. The number of nitrogens with zero attached hydrogens (tertiary/aromatic N) is 1. The first kappa shape index (κ1) is 18.8. The highest BCUT2D eigenvalue weighted by molar-refractivity contribution is 6.31. The van der Waals surface area contributed by atoms with Crippen molar-refractivity contribution < 1.29 is 9.59 Å². The van der Waals surface area contributed by atoms with Crippen molar-refractivity contribution in [3.8, 4) is 0 Å². The Morgan fingerprint density at radius 2 is 1.82 bits per heavy atom. The van der Waals surface area contributed by atoms with E-state index in [9.17, 15) is 9.59 Å². The van der Waals surface area contributed by atoms with Crippen LogP contribution in [0.2, 0.25) is 10.0 Å². The van der Waals surface area contributed by atoms with Gasteiger partial charge in [0.2, 0.25) is 11.8 Å². The molecule has 4 rings (SSSR count). The minimum atomic E-state index is -0.741. The average Bonchev–Trinajstić information content (AvgIpc) is 3.03. The SMILES string of the molecule is CC(=O)NC(C(=O)N1CCc2c([nH]c3ccc(Cl)cc23)C1)c1ccc(Cl)cc1. The number of halogens is 2. The fourth-order valence-corrected chi connectivity index (χ4v) is 4.03. The number of hydrogen-bond donors (Lipinski definition) is 2. The van der Waals surface area contributed by atoms with Crippen LogP contribution in [0.25, 0.3) is 10.9 Å². The van der Waals surface area contributed by atoms with E-state index < -0.39 is 6.04 Å². The van der Waals surface area contributed by atoms with Crippen LogP contribution in [0.15, 0.2) is 42.5 Å². The van der Waals surface area contributed by atoms with Crippen LogP contribution in [-0.4, -0.2) is 28.2 Å². The summed E-state index contributed by atoms with van der Waals surface area (Å²) in [5.41, 5.74) is 3.93. The molecule has 2 aromatic carbocycles. The van der Waals surface area contributed by atoms with Crippen LogP contribution >= 0.6 is 23.2 Å². The van der Waals surface area contributed by atoms with Crippen molar-refractivity contribution in [3.05, 3.63) is 69.3 Å². The normalized spacial score (nSPS) is 14.6. The lowest BCUT2D eigenvalue weighted by Crippen LogP contribution is -2.44. The zero-order valence-corrected chi connectivity index (χ0v) is 16.8. The fourth-order valence-electron chi connectivity index (χ4n) is 3.73. The molecule has 2 amide bonds. The van der Waals surface area contributed by atoms with E-state index in [4.69, 9.17) is 23.2 Å². The van der Waals surface area contributed by atoms with Gasteiger partial charge in [0.15, 0.2) is 0 Å². The standard InChI is InChI=1S/C21H19Cl2N3O2/c1-12(27)24-20(13-2-4-14(22)5-3-13)21(28)26-9-8-16-17-10-15(23)6-7-18(17)25-19(16)11-26/h2-7,10,20,25H,8-9,11H2,1H3,(H,24,27). The van der Waals surface area contributed by atoms with Gasteiger partial charge in [0.05, 0.1) is 6.54 Å². The van der Waals surface area contributed by atoms with E-state index in [1.165, 1.54) is 12.5 Å². The van der Waals surface area contributed by atoms with E-state index in [0.717, 1.165) is 23.0 Å². The van der Waals surface area contributed by atoms with Crippen LogP contribution in [0.1, 0.15) is 29.8 Å². The molecule has 3 aromatic rings. The van der Waals surface area contributed by atoms with Crippen molar-refractivity contribution in [2.24, 2.45) is 0 Å². The van der Waals surface area contributed by atoms with Gasteiger partial charge in [-0.05, 0) is 47.9 Å². The van der Waals surface area contributed by atoms with Crippen molar-refractivity contribution in [2.75, 3.05) is 6.54 Å². The van der Waals surface area contributed by atoms with Gasteiger partial charge in [-0.25, -0.2) is 0 Å². The molecule has 1 unspecified atom stereocenters. The molecule has 1 atom stereocenters. The monoisotopic (exact) mass is 415 g/mol. The van der Waals surface area contributed by atoms with Gasteiger partial charge in [-0.15, -0.1) is 0 Å². The smallest absolute Gasteiger partial charge is 0.250 e. The summed E-state index contributed by atoms with van der Waals surface area (Å²) in [5.74, 6) is -0.397. The van der Waals surface area contributed by atoms with Crippen LogP contribution in [0.3, 0.4) is 0 Å². The number of H-pyrrole nitrogens is 1. The summed E-state index contributed by atoms with van der Waals surface area (Å²) in [6.07, 6.45) is 0.731. The second-order valence-electron chi connectivity index (χ2n) is 6.97. The summed E-state index contributed by atoms with van der Waals surface area (Å²) in [6.45, 7) is 2.45. The topological polar surface area (TPSA) is 65.2 Å². The Bertz CT molecular complexity index is 1060. The summed E-state index contributed by atoms with van der Waals surface area (Å²) in [7, 11) is 0. The number of rotatable bonds is 3. The maximum atomic E-state index is 13.2. The Kier molecular flexibility index (Phi) is 5.04. The van der Waals surface area contributed by atoms with E-state index >= 15 is 0 Å². The van der Waals surface area contributed by atoms with Gasteiger partial charge < -0.3 is 15.2 Å². The number of aromatic nitrogens is 1. The highest BCUT2D eigenvalue weighted by atomic mass is 35.5. The summed E-state index contributed by atoms with van der Waals surface area (Å²) < 4.78 is 0. The van der Waals surface area contributed by atoms with Crippen LogP contribution in [0.5, 0.6) is 0 Å². The molecule has 0 saturated carbocycles. The Morgan fingerprint density at radius 1 is 1.11 bits per heavy atom. The second-order valence-corrected chi connectivity index (χ2v) is 7.84. The molecule has 0 radical (unpaired) electrons. The van der Waals surface area contributed by atoms with Gasteiger partial charge in [0.1, 0.15) is 6.04 Å². The van der Waals surface area contributed by atoms with Crippen LogP contribution in [0.4, 0.5) is 0 Å². The lowest BCUT2D eigenvalue weighted by atomic mass is 10.0. The Balaban J connectivity index is 1.62. The zero-order valence-electron chi connectivity index (χ0n) is 15.3.